The van der Waals surface area contributed by atoms with E-state index >= 15 is 0 Å². The van der Waals surface area contributed by atoms with Crippen LogP contribution in [0.1, 0.15) is 42.6 Å². The standard InChI is InChI=1S/C18H30N4OS/c1-4-6-11-20-17(23)16-9-7-15(8-10-16)14-22-18(19-5-2)21-12-13-24-3/h7-10H,4-6,11-14H2,1-3H3,(H,20,23)(H2,19,21,22). The molecular weight excluding hydrogens is 320 g/mol. The Hall–Kier alpha value is -1.69. The Bertz CT molecular complexity index is 502. The Labute approximate surface area is 150 Å². The average Bonchev–Trinajstić information content (AvgIpc) is 2.60. The van der Waals surface area contributed by atoms with Crippen molar-refractivity contribution in [3.8, 4) is 0 Å². The molecule has 0 saturated carbocycles. The van der Waals surface area contributed by atoms with Crippen LogP contribution >= 0.6 is 11.8 Å². The maximum Gasteiger partial charge on any atom is 0.251 e. The van der Waals surface area contributed by atoms with E-state index in [9.17, 15) is 4.79 Å². The van der Waals surface area contributed by atoms with Crippen molar-refractivity contribution in [1.29, 1.82) is 0 Å². The lowest BCUT2D eigenvalue weighted by Gasteiger charge is -2.10. The van der Waals surface area contributed by atoms with Gasteiger partial charge in [-0.3, -0.25) is 4.79 Å². The molecule has 0 aromatic heterocycles. The molecule has 0 fully saturated rings. The number of amides is 1. The minimum Gasteiger partial charge on any atom is -0.357 e. The largest absolute Gasteiger partial charge is 0.357 e. The molecule has 6 heteroatoms. The highest BCUT2D eigenvalue weighted by molar-refractivity contribution is 7.98. The van der Waals surface area contributed by atoms with Crippen molar-refractivity contribution in [2.24, 2.45) is 4.99 Å². The van der Waals surface area contributed by atoms with Gasteiger partial charge in [0.1, 0.15) is 0 Å². The summed E-state index contributed by atoms with van der Waals surface area (Å²) < 4.78 is 0. The summed E-state index contributed by atoms with van der Waals surface area (Å²) in [6, 6.07) is 7.65. The first-order chi connectivity index (χ1) is 11.7. The molecule has 3 N–H and O–H groups in total. The van der Waals surface area contributed by atoms with Gasteiger partial charge in [-0.15, -0.1) is 0 Å². The predicted molar refractivity (Wildman–Crippen MR) is 105 cm³/mol. The molecule has 0 atom stereocenters. The van der Waals surface area contributed by atoms with Gasteiger partial charge in [0.2, 0.25) is 0 Å². The van der Waals surface area contributed by atoms with E-state index in [4.69, 9.17) is 0 Å². The monoisotopic (exact) mass is 350 g/mol. The number of nitrogens with zero attached hydrogens (tertiary/aromatic N) is 1. The summed E-state index contributed by atoms with van der Waals surface area (Å²) in [5, 5.41) is 9.47. The molecule has 0 spiro atoms. The normalized spacial score (nSPS) is 11.2. The molecule has 5 nitrogen and oxygen atoms in total. The van der Waals surface area contributed by atoms with Crippen LogP contribution in [0.5, 0.6) is 0 Å². The molecule has 0 aliphatic heterocycles. The van der Waals surface area contributed by atoms with Gasteiger partial charge >= 0.3 is 0 Å². The fraction of sp³-hybridized carbons (Fsp3) is 0.556. The van der Waals surface area contributed by atoms with E-state index in [1.807, 2.05) is 24.3 Å². The molecule has 24 heavy (non-hydrogen) atoms. The minimum atomic E-state index is -0.00873. The van der Waals surface area contributed by atoms with Crippen LogP contribution in [0.4, 0.5) is 0 Å². The van der Waals surface area contributed by atoms with E-state index in [1.165, 1.54) is 0 Å². The molecule has 0 radical (unpaired) electrons. The fourth-order valence-electron chi connectivity index (χ4n) is 2.03. The summed E-state index contributed by atoms with van der Waals surface area (Å²) in [7, 11) is 0. The number of guanidine groups is 1. The van der Waals surface area contributed by atoms with Crippen LogP contribution in [0.3, 0.4) is 0 Å². The van der Waals surface area contributed by atoms with Crippen molar-refractivity contribution in [3.05, 3.63) is 35.4 Å². The van der Waals surface area contributed by atoms with Crippen molar-refractivity contribution in [3.63, 3.8) is 0 Å². The molecule has 0 bridgehead atoms. The Morgan fingerprint density at radius 3 is 2.46 bits per heavy atom. The number of rotatable bonds is 10. The van der Waals surface area contributed by atoms with E-state index in [0.29, 0.717) is 12.1 Å². The molecule has 1 aromatic rings. The van der Waals surface area contributed by atoms with Crippen LogP contribution in [0.2, 0.25) is 0 Å². The SMILES string of the molecule is CCCCNC(=O)c1ccc(CN=C(NCC)NCCSC)cc1. The second-order valence-electron chi connectivity index (χ2n) is 5.42. The van der Waals surface area contributed by atoms with E-state index in [1.54, 1.807) is 11.8 Å². The van der Waals surface area contributed by atoms with E-state index in [-0.39, 0.29) is 5.91 Å². The van der Waals surface area contributed by atoms with Crippen LogP contribution in [0.25, 0.3) is 0 Å². The zero-order valence-corrected chi connectivity index (χ0v) is 15.8. The highest BCUT2D eigenvalue weighted by Crippen LogP contribution is 2.06. The molecule has 0 heterocycles. The first kappa shape index (κ1) is 20.4. The molecule has 0 saturated heterocycles. The van der Waals surface area contributed by atoms with Gasteiger partial charge in [-0.25, -0.2) is 4.99 Å². The smallest absolute Gasteiger partial charge is 0.251 e. The molecule has 0 aliphatic carbocycles. The number of carbonyl (C=O) groups is 1. The minimum absolute atomic E-state index is 0.00873. The summed E-state index contributed by atoms with van der Waals surface area (Å²) in [6.07, 6.45) is 4.18. The van der Waals surface area contributed by atoms with Gasteiger partial charge in [-0.05, 0) is 37.3 Å². The molecule has 1 rings (SSSR count). The predicted octanol–water partition coefficient (Wildman–Crippen LogP) is 2.63. The first-order valence-electron chi connectivity index (χ1n) is 8.59. The molecular formula is C18H30N4OS. The number of hydrogen-bond donors (Lipinski definition) is 3. The number of thioether (sulfide) groups is 1. The quantitative estimate of drug-likeness (QED) is 0.345. The van der Waals surface area contributed by atoms with Gasteiger partial charge in [0.15, 0.2) is 5.96 Å². The van der Waals surface area contributed by atoms with Gasteiger partial charge in [0.05, 0.1) is 6.54 Å². The second kappa shape index (κ2) is 12.7. The second-order valence-corrected chi connectivity index (χ2v) is 6.41. The first-order valence-corrected chi connectivity index (χ1v) is 9.98. The zero-order chi connectivity index (χ0) is 17.6. The Balaban J connectivity index is 2.54. The van der Waals surface area contributed by atoms with E-state index in [0.717, 1.165) is 49.8 Å². The van der Waals surface area contributed by atoms with Crippen LogP contribution < -0.4 is 16.0 Å². The van der Waals surface area contributed by atoms with Crippen molar-refractivity contribution in [1.82, 2.24) is 16.0 Å². The summed E-state index contributed by atoms with van der Waals surface area (Å²) in [5.74, 6) is 1.87. The average molecular weight is 351 g/mol. The lowest BCUT2D eigenvalue weighted by Crippen LogP contribution is -2.38. The summed E-state index contributed by atoms with van der Waals surface area (Å²) in [4.78, 5) is 16.5. The molecule has 1 aromatic carbocycles. The summed E-state index contributed by atoms with van der Waals surface area (Å²) in [5.41, 5.74) is 1.78. The van der Waals surface area contributed by atoms with E-state index < -0.39 is 0 Å². The summed E-state index contributed by atoms with van der Waals surface area (Å²) >= 11 is 1.80. The number of nitrogens with one attached hydrogen (secondary N) is 3. The lowest BCUT2D eigenvalue weighted by atomic mass is 10.1. The number of aliphatic imine (C=N–C) groups is 1. The third-order valence-corrected chi connectivity index (χ3v) is 4.01. The Morgan fingerprint density at radius 1 is 1.08 bits per heavy atom. The third kappa shape index (κ3) is 8.24. The van der Waals surface area contributed by atoms with Gasteiger partial charge in [0, 0.05) is 31.0 Å². The zero-order valence-electron chi connectivity index (χ0n) is 15.0. The van der Waals surface area contributed by atoms with Gasteiger partial charge < -0.3 is 16.0 Å². The number of hydrogen-bond acceptors (Lipinski definition) is 3. The van der Waals surface area contributed by atoms with Crippen molar-refractivity contribution in [2.45, 2.75) is 33.2 Å². The van der Waals surface area contributed by atoms with Gasteiger partial charge in [-0.1, -0.05) is 25.5 Å². The van der Waals surface area contributed by atoms with Crippen LogP contribution in [0.15, 0.2) is 29.3 Å². The fourth-order valence-corrected chi connectivity index (χ4v) is 2.33. The number of benzene rings is 1. The molecule has 0 aliphatic rings. The van der Waals surface area contributed by atoms with Crippen molar-refractivity contribution < 1.29 is 4.79 Å². The van der Waals surface area contributed by atoms with Crippen molar-refractivity contribution >= 4 is 23.6 Å². The summed E-state index contributed by atoms with van der Waals surface area (Å²) in [6.45, 7) is 7.21. The van der Waals surface area contributed by atoms with Crippen LogP contribution in [-0.2, 0) is 6.54 Å². The maximum absolute atomic E-state index is 12.0. The van der Waals surface area contributed by atoms with Crippen molar-refractivity contribution in [2.75, 3.05) is 31.6 Å². The number of carbonyl (C=O) groups excluding carboxylic acids is 1. The Morgan fingerprint density at radius 2 is 1.83 bits per heavy atom. The highest BCUT2D eigenvalue weighted by Gasteiger charge is 2.04. The molecule has 134 valence electrons. The van der Waals surface area contributed by atoms with Gasteiger partial charge in [-0.2, -0.15) is 11.8 Å². The maximum atomic E-state index is 12.0. The lowest BCUT2D eigenvalue weighted by molar-refractivity contribution is 0.0953. The third-order valence-electron chi connectivity index (χ3n) is 3.39. The van der Waals surface area contributed by atoms with Crippen LogP contribution in [0, 0.1) is 0 Å². The highest BCUT2D eigenvalue weighted by atomic mass is 32.2. The van der Waals surface area contributed by atoms with Crippen LogP contribution in [-0.4, -0.2) is 43.5 Å². The molecule has 0 unspecified atom stereocenters. The van der Waals surface area contributed by atoms with E-state index in [2.05, 4.69) is 41.0 Å². The topological polar surface area (TPSA) is 65.5 Å². The molecule has 1 amide bonds. The Kier molecular flexibility index (Phi) is 10.8. The van der Waals surface area contributed by atoms with Gasteiger partial charge in [0.25, 0.3) is 5.91 Å². The number of unbranched alkanes of at least 4 members (excludes halogenated alkanes) is 1.